The molecule has 1 fully saturated rings. The Hall–Kier alpha value is -0.990. The van der Waals surface area contributed by atoms with E-state index in [2.05, 4.69) is 4.90 Å². The summed E-state index contributed by atoms with van der Waals surface area (Å²) in [6.07, 6.45) is 6.42. The first-order valence-electron chi connectivity index (χ1n) is 5.00. The van der Waals surface area contributed by atoms with Gasteiger partial charge in [0.2, 0.25) is 0 Å². The lowest BCUT2D eigenvalue weighted by molar-refractivity contribution is -0.116. The number of likely N-dealkylation sites (tertiary alicyclic amines) is 1. The van der Waals surface area contributed by atoms with Gasteiger partial charge < -0.3 is 10.6 Å². The lowest BCUT2D eigenvalue weighted by atomic mass is 10.1. The second-order valence-electron chi connectivity index (χ2n) is 3.41. The summed E-state index contributed by atoms with van der Waals surface area (Å²) in [4.78, 5) is 13.2. The van der Waals surface area contributed by atoms with Crippen LogP contribution in [0.1, 0.15) is 32.6 Å². The van der Waals surface area contributed by atoms with Crippen molar-refractivity contribution in [3.63, 3.8) is 0 Å². The van der Waals surface area contributed by atoms with Crippen LogP contribution in [0.3, 0.4) is 0 Å². The molecule has 1 heterocycles. The summed E-state index contributed by atoms with van der Waals surface area (Å²) < 4.78 is 0. The molecular weight excluding hydrogens is 164 g/mol. The van der Waals surface area contributed by atoms with Gasteiger partial charge >= 0.3 is 0 Å². The molecule has 0 atom stereocenters. The fourth-order valence-electron chi connectivity index (χ4n) is 1.71. The molecule has 0 aliphatic carbocycles. The van der Waals surface area contributed by atoms with Gasteiger partial charge in [-0.1, -0.05) is 13.0 Å². The minimum absolute atomic E-state index is 0.288. The van der Waals surface area contributed by atoms with Gasteiger partial charge in [0, 0.05) is 13.1 Å². The Kier molecular flexibility index (Phi) is 3.80. The molecule has 1 aliphatic rings. The van der Waals surface area contributed by atoms with Crippen molar-refractivity contribution < 1.29 is 4.79 Å². The number of nitrogens with zero attached hydrogens (tertiary/aromatic N) is 1. The van der Waals surface area contributed by atoms with E-state index in [1.54, 1.807) is 0 Å². The number of amides is 1. The van der Waals surface area contributed by atoms with Gasteiger partial charge in [-0.25, -0.2) is 0 Å². The highest BCUT2D eigenvalue weighted by Gasteiger charge is 2.16. The smallest absolute Gasteiger partial charge is 0.264 e. The van der Waals surface area contributed by atoms with Crippen molar-refractivity contribution in [2.24, 2.45) is 5.73 Å². The first-order chi connectivity index (χ1) is 6.25. The van der Waals surface area contributed by atoms with Crippen LogP contribution in [0.4, 0.5) is 0 Å². The van der Waals surface area contributed by atoms with Gasteiger partial charge in [-0.15, -0.1) is 0 Å². The van der Waals surface area contributed by atoms with Crippen molar-refractivity contribution in [2.45, 2.75) is 32.6 Å². The van der Waals surface area contributed by atoms with Crippen LogP contribution in [-0.2, 0) is 4.79 Å². The molecule has 74 valence electrons. The van der Waals surface area contributed by atoms with Crippen molar-refractivity contribution in [2.75, 3.05) is 13.1 Å². The van der Waals surface area contributed by atoms with E-state index in [1.165, 1.54) is 19.3 Å². The molecule has 1 amide bonds. The summed E-state index contributed by atoms with van der Waals surface area (Å²) in [5.74, 6) is -0.288. The lowest BCUT2D eigenvalue weighted by Gasteiger charge is -2.29. The number of rotatable bonds is 3. The van der Waals surface area contributed by atoms with Gasteiger partial charge in [-0.3, -0.25) is 4.79 Å². The molecule has 0 unspecified atom stereocenters. The predicted molar refractivity (Wildman–Crippen MR) is 53.0 cm³/mol. The number of hydrogen-bond acceptors (Lipinski definition) is 2. The third-order valence-corrected chi connectivity index (χ3v) is 2.35. The van der Waals surface area contributed by atoms with Crippen molar-refractivity contribution in [1.29, 1.82) is 0 Å². The number of carbonyl (C=O) groups is 1. The van der Waals surface area contributed by atoms with Crippen molar-refractivity contribution >= 4 is 5.91 Å². The SMILES string of the molecule is CCC=C(C(N)=O)N1CCCCC1. The zero-order valence-electron chi connectivity index (χ0n) is 8.25. The summed E-state index contributed by atoms with van der Waals surface area (Å²) in [7, 11) is 0. The maximum Gasteiger partial charge on any atom is 0.264 e. The Morgan fingerprint density at radius 1 is 1.38 bits per heavy atom. The van der Waals surface area contributed by atoms with Crippen LogP contribution in [0, 0.1) is 0 Å². The fourth-order valence-corrected chi connectivity index (χ4v) is 1.71. The zero-order valence-corrected chi connectivity index (χ0v) is 8.25. The quantitative estimate of drug-likeness (QED) is 0.668. The van der Waals surface area contributed by atoms with E-state index in [4.69, 9.17) is 5.73 Å². The van der Waals surface area contributed by atoms with E-state index in [9.17, 15) is 4.79 Å². The molecule has 1 aliphatic heterocycles. The number of carbonyl (C=O) groups excluding carboxylic acids is 1. The van der Waals surface area contributed by atoms with Crippen molar-refractivity contribution in [3.05, 3.63) is 11.8 Å². The molecule has 0 aromatic rings. The number of hydrogen-bond donors (Lipinski definition) is 1. The van der Waals surface area contributed by atoms with E-state index in [1.807, 2.05) is 13.0 Å². The molecule has 1 saturated heterocycles. The molecule has 3 nitrogen and oxygen atoms in total. The second-order valence-corrected chi connectivity index (χ2v) is 3.41. The number of nitrogens with two attached hydrogens (primary N) is 1. The standard InChI is InChI=1S/C10H18N2O/c1-2-6-9(10(11)13)12-7-4-3-5-8-12/h6H,2-5,7-8H2,1H3,(H2,11,13). The summed E-state index contributed by atoms with van der Waals surface area (Å²) >= 11 is 0. The third-order valence-electron chi connectivity index (χ3n) is 2.35. The molecule has 0 aromatic heterocycles. The summed E-state index contributed by atoms with van der Waals surface area (Å²) in [5, 5.41) is 0. The van der Waals surface area contributed by atoms with E-state index < -0.39 is 0 Å². The zero-order chi connectivity index (χ0) is 9.68. The maximum atomic E-state index is 11.1. The Balaban J connectivity index is 2.63. The van der Waals surface area contributed by atoms with Crippen LogP contribution in [0.5, 0.6) is 0 Å². The van der Waals surface area contributed by atoms with Gasteiger partial charge in [-0.2, -0.15) is 0 Å². The summed E-state index contributed by atoms with van der Waals surface area (Å²) in [6.45, 7) is 3.98. The van der Waals surface area contributed by atoms with Crippen LogP contribution >= 0.6 is 0 Å². The maximum absolute atomic E-state index is 11.1. The predicted octanol–water partition coefficient (Wildman–Crippen LogP) is 1.25. The van der Waals surface area contributed by atoms with Gasteiger partial charge in [-0.05, 0) is 25.7 Å². The molecule has 3 heteroatoms. The molecule has 0 spiro atoms. The number of piperidine rings is 1. The van der Waals surface area contributed by atoms with Gasteiger partial charge in [0.15, 0.2) is 0 Å². The van der Waals surface area contributed by atoms with E-state index in [0.717, 1.165) is 19.5 Å². The van der Waals surface area contributed by atoms with Crippen molar-refractivity contribution in [1.82, 2.24) is 4.90 Å². The molecule has 13 heavy (non-hydrogen) atoms. The van der Waals surface area contributed by atoms with Crippen LogP contribution in [-0.4, -0.2) is 23.9 Å². The molecule has 0 saturated carbocycles. The number of allylic oxidation sites excluding steroid dienone is 1. The van der Waals surface area contributed by atoms with Crippen LogP contribution in [0.25, 0.3) is 0 Å². The molecule has 0 radical (unpaired) electrons. The Bertz CT molecular complexity index is 205. The number of primary amides is 1. The average Bonchev–Trinajstić information content (AvgIpc) is 2.15. The molecule has 1 rings (SSSR count). The van der Waals surface area contributed by atoms with Gasteiger partial charge in [0.05, 0.1) is 5.70 Å². The first kappa shape index (κ1) is 10.1. The van der Waals surface area contributed by atoms with E-state index in [-0.39, 0.29) is 5.91 Å². The largest absolute Gasteiger partial charge is 0.367 e. The molecule has 0 bridgehead atoms. The average molecular weight is 182 g/mol. The highest BCUT2D eigenvalue weighted by atomic mass is 16.1. The monoisotopic (exact) mass is 182 g/mol. The van der Waals surface area contributed by atoms with E-state index >= 15 is 0 Å². The van der Waals surface area contributed by atoms with E-state index in [0.29, 0.717) is 5.70 Å². The lowest BCUT2D eigenvalue weighted by Crippen LogP contribution is -2.35. The Morgan fingerprint density at radius 2 is 2.00 bits per heavy atom. The summed E-state index contributed by atoms with van der Waals surface area (Å²) in [5.41, 5.74) is 6.02. The molecule has 2 N–H and O–H groups in total. The third kappa shape index (κ3) is 2.76. The van der Waals surface area contributed by atoms with Gasteiger partial charge in [0.1, 0.15) is 0 Å². The highest BCUT2D eigenvalue weighted by molar-refractivity contribution is 5.91. The first-order valence-corrected chi connectivity index (χ1v) is 5.00. The minimum atomic E-state index is -0.288. The second kappa shape index (κ2) is 4.90. The van der Waals surface area contributed by atoms with Crippen LogP contribution in [0.2, 0.25) is 0 Å². The topological polar surface area (TPSA) is 46.3 Å². The highest BCUT2D eigenvalue weighted by Crippen LogP contribution is 2.14. The van der Waals surface area contributed by atoms with Crippen LogP contribution < -0.4 is 5.73 Å². The summed E-state index contributed by atoms with van der Waals surface area (Å²) in [6, 6.07) is 0. The van der Waals surface area contributed by atoms with Gasteiger partial charge in [0.25, 0.3) is 5.91 Å². The minimum Gasteiger partial charge on any atom is -0.367 e. The van der Waals surface area contributed by atoms with Crippen LogP contribution in [0.15, 0.2) is 11.8 Å². The normalized spacial score (nSPS) is 18.8. The fraction of sp³-hybridized carbons (Fsp3) is 0.700. The molecular formula is C10H18N2O. The molecule has 0 aromatic carbocycles. The van der Waals surface area contributed by atoms with Crippen molar-refractivity contribution in [3.8, 4) is 0 Å². The Labute approximate surface area is 79.6 Å². The Morgan fingerprint density at radius 3 is 2.46 bits per heavy atom.